The average Bonchev–Trinajstić information content (AvgIpc) is 3.85. The highest BCUT2D eigenvalue weighted by Crippen LogP contribution is 2.63. The Hall–Kier alpha value is -1.65. The summed E-state index contributed by atoms with van der Waals surface area (Å²) in [4.78, 5) is 44.5. The topological polar surface area (TPSA) is 182 Å². The van der Waals surface area contributed by atoms with Crippen molar-refractivity contribution in [1.29, 1.82) is 0 Å². The Morgan fingerprint density at radius 1 is 1.14 bits per heavy atom. The fourth-order valence-electron chi connectivity index (χ4n) is 13.8. The van der Waals surface area contributed by atoms with E-state index in [1.54, 1.807) is 13.0 Å². The maximum atomic E-state index is 14.3. The van der Waals surface area contributed by atoms with Crippen LogP contribution in [0.1, 0.15) is 97.8 Å². The van der Waals surface area contributed by atoms with Crippen LogP contribution in [-0.2, 0) is 28.6 Å². The zero-order chi connectivity index (χ0) is 41.7. The van der Waals surface area contributed by atoms with E-state index in [-0.39, 0.29) is 102 Å². The smallest absolute Gasteiger partial charge is 0.334 e. The Balaban J connectivity index is 1.14. The first-order valence-electron chi connectivity index (χ1n) is 23.0. The first-order chi connectivity index (χ1) is 28.4. The number of fused-ring (bicyclic) bond motifs is 7. The monoisotopic (exact) mass is 860 g/mol. The van der Waals surface area contributed by atoms with Crippen molar-refractivity contribution in [3.8, 4) is 0 Å². The molecule has 14 atom stereocenters. The van der Waals surface area contributed by atoms with Crippen LogP contribution in [0, 0.1) is 52.8 Å². The molecule has 14 heteroatoms. The summed E-state index contributed by atoms with van der Waals surface area (Å²) < 4.78 is 20.9. The SMILES string of the molecule is CC=C(C)C(=O)OC1(C)CC=C2CSSCC3C(C[NH2+]C)CN3C(=O)CC3C[NH2+]C(N)CC3C2C12CC1CC3CC(C4(C(CO)CCO)CCCC4)C(=O)OC3CC1O2. The Morgan fingerprint density at radius 2 is 1.93 bits per heavy atom. The number of nitrogens with zero attached hydrogens (tertiary/aromatic N) is 1. The van der Waals surface area contributed by atoms with Gasteiger partial charge in [-0.3, -0.25) is 15.3 Å². The highest BCUT2D eigenvalue weighted by atomic mass is 33.1. The van der Waals surface area contributed by atoms with Gasteiger partial charge in [0.1, 0.15) is 23.5 Å². The number of hydrogen-bond acceptors (Lipinski definition) is 11. The van der Waals surface area contributed by atoms with Gasteiger partial charge in [0.05, 0.1) is 38.2 Å². The normalized spacial score (nSPS) is 42.7. The number of carbonyl (C=O) groups is 3. The predicted octanol–water partition coefficient (Wildman–Crippen LogP) is 2.53. The van der Waals surface area contributed by atoms with Crippen molar-refractivity contribution in [2.24, 2.45) is 58.5 Å². The molecule has 5 saturated heterocycles. The van der Waals surface area contributed by atoms with E-state index in [2.05, 4.69) is 35.6 Å². The molecule has 0 bridgehead atoms. The molecule has 8 aliphatic rings. The number of esters is 2. The standard InChI is InChI=1S/C45H70N4O8S2/c1-5-26(2)41(53)57-43(3)12-8-27-24-58-59-25-35-31(20-47-4)22-49(35)39(52)16-30-21-48-38(46)17-33(30)40(27)45(43)19-29-14-28-15-34(42(54)55-36(28)18-37(29)56-45)44(10-6-7-11-44)32(23-51)9-13-50/h5,8,28-38,40,47-48,50-51H,6-7,9-25,46H2,1-4H3/p+2. The summed E-state index contributed by atoms with van der Waals surface area (Å²) in [6.07, 6.45) is 12.5. The molecule has 5 aliphatic heterocycles. The number of ether oxygens (including phenoxy) is 3. The molecule has 330 valence electrons. The number of aliphatic hydroxyl groups excluding tert-OH is 2. The second-order valence-electron chi connectivity index (χ2n) is 20.0. The van der Waals surface area contributed by atoms with Crippen LogP contribution in [0.4, 0.5) is 0 Å². The maximum Gasteiger partial charge on any atom is 0.334 e. The number of carbonyl (C=O) groups excluding carboxylic acids is 3. The molecule has 2 saturated carbocycles. The van der Waals surface area contributed by atoms with Gasteiger partial charge in [-0.15, -0.1) is 0 Å². The second kappa shape index (κ2) is 17.8. The van der Waals surface area contributed by atoms with Crippen molar-refractivity contribution in [1.82, 2.24) is 4.90 Å². The number of piperidine rings is 1. The molecule has 7 fully saturated rings. The number of amides is 1. The third-order valence-electron chi connectivity index (χ3n) is 17.0. The number of quaternary nitrogens is 2. The van der Waals surface area contributed by atoms with Gasteiger partial charge in [-0.25, -0.2) is 4.79 Å². The number of hydrogen-bond donors (Lipinski definition) is 5. The summed E-state index contributed by atoms with van der Waals surface area (Å²) in [5.74, 6) is 1.89. The Morgan fingerprint density at radius 3 is 2.66 bits per heavy atom. The van der Waals surface area contributed by atoms with E-state index in [4.69, 9.17) is 19.9 Å². The molecule has 0 aromatic carbocycles. The van der Waals surface area contributed by atoms with Crippen molar-refractivity contribution >= 4 is 39.4 Å². The minimum absolute atomic E-state index is 0.00825. The third kappa shape index (κ3) is 7.88. The molecule has 8 rings (SSSR count). The summed E-state index contributed by atoms with van der Waals surface area (Å²) in [6.45, 7) is 8.32. The lowest BCUT2D eigenvalue weighted by molar-refractivity contribution is -0.706. The molecule has 3 aliphatic carbocycles. The molecule has 59 heavy (non-hydrogen) atoms. The van der Waals surface area contributed by atoms with Crippen LogP contribution in [-0.4, -0.2) is 120 Å². The molecule has 8 N–H and O–H groups in total. The van der Waals surface area contributed by atoms with Crippen LogP contribution in [0.3, 0.4) is 0 Å². The van der Waals surface area contributed by atoms with Crippen LogP contribution in [0.5, 0.6) is 0 Å². The molecule has 5 heterocycles. The van der Waals surface area contributed by atoms with E-state index >= 15 is 0 Å². The van der Waals surface area contributed by atoms with Gasteiger partial charge >= 0.3 is 11.9 Å². The van der Waals surface area contributed by atoms with Gasteiger partial charge in [-0.2, -0.15) is 0 Å². The molecule has 1 amide bonds. The Kier molecular flexibility index (Phi) is 13.3. The van der Waals surface area contributed by atoms with E-state index in [1.807, 2.05) is 28.5 Å². The minimum Gasteiger partial charge on any atom is -0.462 e. The van der Waals surface area contributed by atoms with Crippen LogP contribution in [0.25, 0.3) is 0 Å². The number of aliphatic hydroxyl groups is 2. The molecule has 14 unspecified atom stereocenters. The van der Waals surface area contributed by atoms with E-state index in [0.29, 0.717) is 43.6 Å². The lowest BCUT2D eigenvalue weighted by Crippen LogP contribution is -2.96. The summed E-state index contributed by atoms with van der Waals surface area (Å²) in [5, 5.41) is 25.0. The van der Waals surface area contributed by atoms with E-state index in [9.17, 15) is 24.6 Å². The zero-order valence-electron chi connectivity index (χ0n) is 35.9. The van der Waals surface area contributed by atoms with Gasteiger partial charge in [0.15, 0.2) is 0 Å². The number of nitrogens with two attached hydrogens (primary N) is 3. The lowest BCUT2D eigenvalue weighted by atomic mass is 9.55. The number of allylic oxidation sites excluding steroid dienone is 1. The van der Waals surface area contributed by atoms with Crippen molar-refractivity contribution in [3.63, 3.8) is 0 Å². The lowest BCUT2D eigenvalue weighted by Gasteiger charge is -2.56. The molecule has 1 spiro atoms. The van der Waals surface area contributed by atoms with Crippen LogP contribution >= 0.6 is 21.6 Å². The predicted molar refractivity (Wildman–Crippen MR) is 227 cm³/mol. The number of rotatable bonds is 9. The Bertz CT molecular complexity index is 1640. The first kappa shape index (κ1) is 44.0. The van der Waals surface area contributed by atoms with Gasteiger partial charge < -0.3 is 40.0 Å². The quantitative estimate of drug-likeness (QED) is 0.0996. The van der Waals surface area contributed by atoms with E-state index in [1.165, 1.54) is 5.57 Å². The zero-order valence-corrected chi connectivity index (χ0v) is 37.5. The summed E-state index contributed by atoms with van der Waals surface area (Å²) in [5.41, 5.74) is 6.52. The summed E-state index contributed by atoms with van der Waals surface area (Å²) >= 11 is 0. The van der Waals surface area contributed by atoms with Gasteiger partial charge in [-0.1, -0.05) is 52.2 Å². The van der Waals surface area contributed by atoms with Gasteiger partial charge in [0.25, 0.3) is 0 Å². The molecule has 0 radical (unpaired) electrons. The van der Waals surface area contributed by atoms with Gasteiger partial charge in [0, 0.05) is 80.3 Å². The third-order valence-corrected chi connectivity index (χ3v) is 19.4. The van der Waals surface area contributed by atoms with Crippen molar-refractivity contribution in [2.75, 3.05) is 51.4 Å². The van der Waals surface area contributed by atoms with Crippen molar-refractivity contribution < 1.29 is 49.4 Å². The van der Waals surface area contributed by atoms with E-state index in [0.717, 1.165) is 76.1 Å². The maximum absolute atomic E-state index is 14.3. The van der Waals surface area contributed by atoms with Crippen molar-refractivity contribution in [3.05, 3.63) is 23.3 Å². The largest absolute Gasteiger partial charge is 0.462 e. The molecule has 12 nitrogen and oxygen atoms in total. The Labute approximate surface area is 359 Å². The minimum atomic E-state index is -0.988. The fourth-order valence-corrected chi connectivity index (χ4v) is 16.3. The molecular formula is C45H72N4O8S2+2. The average molecular weight is 861 g/mol. The van der Waals surface area contributed by atoms with E-state index < -0.39 is 11.2 Å². The summed E-state index contributed by atoms with van der Waals surface area (Å²) in [6, 6.07) is 0.259. The van der Waals surface area contributed by atoms with Gasteiger partial charge in [-0.05, 0) is 88.4 Å². The molecule has 0 aromatic heterocycles. The highest BCUT2D eigenvalue weighted by Gasteiger charge is 2.69. The van der Waals surface area contributed by atoms with Crippen molar-refractivity contribution in [2.45, 2.75) is 133 Å². The molecular weight excluding hydrogens is 789 g/mol. The highest BCUT2D eigenvalue weighted by molar-refractivity contribution is 8.76. The van der Waals surface area contributed by atoms with Crippen LogP contribution < -0.4 is 16.4 Å². The first-order valence-corrected chi connectivity index (χ1v) is 25.4. The summed E-state index contributed by atoms with van der Waals surface area (Å²) in [7, 11) is 5.86. The second-order valence-corrected chi connectivity index (χ2v) is 22.5. The van der Waals surface area contributed by atoms with Crippen LogP contribution in [0.15, 0.2) is 23.3 Å². The molecule has 0 aromatic rings. The van der Waals surface area contributed by atoms with Crippen LogP contribution in [0.2, 0.25) is 0 Å². The van der Waals surface area contributed by atoms with Gasteiger partial charge in [0.2, 0.25) is 5.91 Å². The fraction of sp³-hybridized carbons (Fsp3) is 0.844.